The summed E-state index contributed by atoms with van der Waals surface area (Å²) < 4.78 is 0. The topological polar surface area (TPSA) is 65.5 Å². The number of rotatable bonds is 6. The Bertz CT molecular complexity index is 1200. The van der Waals surface area contributed by atoms with Crippen molar-refractivity contribution in [2.75, 3.05) is 19.6 Å². The fraction of sp³-hybridized carbons (Fsp3) is 0.533. The predicted octanol–water partition coefficient (Wildman–Crippen LogP) is 5.77. The van der Waals surface area contributed by atoms with E-state index in [0.29, 0.717) is 11.3 Å². The van der Waals surface area contributed by atoms with Gasteiger partial charge in [0.1, 0.15) is 4.83 Å². The molecule has 0 spiro atoms. The zero-order chi connectivity index (χ0) is 25.3. The normalized spacial score (nSPS) is 21.8. The van der Waals surface area contributed by atoms with E-state index in [-0.39, 0.29) is 18.1 Å². The number of pyridine rings is 1. The molecule has 3 atom stereocenters. The quantitative estimate of drug-likeness (QED) is 0.447. The van der Waals surface area contributed by atoms with Gasteiger partial charge in [-0.2, -0.15) is 0 Å². The van der Waals surface area contributed by atoms with Gasteiger partial charge in [0.05, 0.1) is 17.0 Å². The third-order valence-corrected chi connectivity index (χ3v) is 9.09. The van der Waals surface area contributed by atoms with Crippen LogP contribution in [0.2, 0.25) is 0 Å². The number of aliphatic hydroxyl groups excluding tert-OH is 1. The maximum Gasteiger partial charge on any atom is 0.261 e. The molecular weight excluding hydrogens is 466 g/mol. The van der Waals surface area contributed by atoms with Gasteiger partial charge >= 0.3 is 0 Å². The monoisotopic (exact) mass is 505 g/mol. The highest BCUT2D eigenvalue weighted by molar-refractivity contribution is 7.20. The lowest BCUT2D eigenvalue weighted by atomic mass is 9.71. The number of benzene rings is 1. The Morgan fingerprint density at radius 3 is 2.78 bits per heavy atom. The molecule has 0 saturated carbocycles. The number of nitrogens with one attached hydrogen (secondary N) is 1. The van der Waals surface area contributed by atoms with E-state index in [1.54, 1.807) is 0 Å². The molecule has 2 aliphatic rings. The van der Waals surface area contributed by atoms with Gasteiger partial charge in [-0.05, 0) is 79.7 Å². The van der Waals surface area contributed by atoms with E-state index in [1.165, 1.54) is 29.0 Å². The Morgan fingerprint density at radius 1 is 1.22 bits per heavy atom. The van der Waals surface area contributed by atoms with Gasteiger partial charge in [0.25, 0.3) is 5.91 Å². The van der Waals surface area contributed by atoms with Crippen LogP contribution < -0.4 is 5.32 Å². The first kappa shape index (κ1) is 25.4. The molecular formula is C30H39N3O2S. The molecule has 1 amide bonds. The Balaban J connectivity index is 1.32. The van der Waals surface area contributed by atoms with Crippen molar-refractivity contribution < 1.29 is 9.90 Å². The van der Waals surface area contributed by atoms with E-state index in [1.807, 2.05) is 24.3 Å². The number of aromatic nitrogens is 1. The number of carbonyl (C=O) groups is 1. The summed E-state index contributed by atoms with van der Waals surface area (Å²) in [6.07, 6.45) is 5.76. The van der Waals surface area contributed by atoms with Gasteiger partial charge < -0.3 is 15.3 Å². The molecule has 6 heteroatoms. The number of β-amino-alcohol motifs (C(OH)–C–C–N with tert-alkyl or cyclic N) is 1. The van der Waals surface area contributed by atoms with Gasteiger partial charge in [0, 0.05) is 24.2 Å². The average Bonchev–Trinajstić information content (AvgIpc) is 3.27. The number of piperidine rings is 1. The highest BCUT2D eigenvalue weighted by atomic mass is 32.1. The highest BCUT2D eigenvalue weighted by Gasteiger charge is 2.30. The van der Waals surface area contributed by atoms with E-state index in [0.717, 1.165) is 72.4 Å². The van der Waals surface area contributed by atoms with E-state index in [4.69, 9.17) is 4.98 Å². The van der Waals surface area contributed by atoms with Crippen LogP contribution in [0.4, 0.5) is 0 Å². The number of carbonyl (C=O) groups excluding carboxylic acids is 1. The number of thiophene rings is 1. The van der Waals surface area contributed by atoms with Crippen LogP contribution in [0.3, 0.4) is 0 Å². The van der Waals surface area contributed by atoms with Crippen molar-refractivity contribution in [3.8, 4) is 0 Å². The third kappa shape index (κ3) is 5.82. The van der Waals surface area contributed by atoms with Crippen molar-refractivity contribution in [1.82, 2.24) is 15.2 Å². The summed E-state index contributed by atoms with van der Waals surface area (Å²) in [5.74, 6) is 0.634. The Kier molecular flexibility index (Phi) is 7.47. The van der Waals surface area contributed by atoms with Crippen molar-refractivity contribution in [3.05, 3.63) is 64.2 Å². The van der Waals surface area contributed by atoms with E-state index in [9.17, 15) is 9.90 Å². The van der Waals surface area contributed by atoms with E-state index in [2.05, 4.69) is 49.2 Å². The minimum Gasteiger partial charge on any atom is -0.392 e. The summed E-state index contributed by atoms with van der Waals surface area (Å²) >= 11 is 1.50. The molecule has 0 radical (unpaired) electrons. The third-order valence-electron chi connectivity index (χ3n) is 8.04. The van der Waals surface area contributed by atoms with Crippen LogP contribution in [0.5, 0.6) is 0 Å². The van der Waals surface area contributed by atoms with Crippen LogP contribution >= 0.6 is 11.3 Å². The maximum absolute atomic E-state index is 13.4. The fourth-order valence-corrected chi connectivity index (χ4v) is 6.69. The van der Waals surface area contributed by atoms with Crippen LogP contribution in [-0.2, 0) is 12.8 Å². The van der Waals surface area contributed by atoms with Crippen molar-refractivity contribution in [2.45, 2.75) is 71.4 Å². The number of hydrogen-bond donors (Lipinski definition) is 2. The molecule has 1 unspecified atom stereocenters. The predicted molar refractivity (Wildman–Crippen MR) is 148 cm³/mol. The average molecular weight is 506 g/mol. The summed E-state index contributed by atoms with van der Waals surface area (Å²) in [6.45, 7) is 9.58. The van der Waals surface area contributed by atoms with Gasteiger partial charge in [0.2, 0.25) is 0 Å². The lowest BCUT2D eigenvalue weighted by molar-refractivity contribution is 0.0677. The first-order valence-corrected chi connectivity index (χ1v) is 14.3. The maximum atomic E-state index is 13.4. The molecule has 1 aliphatic heterocycles. The molecule has 1 saturated heterocycles. The van der Waals surface area contributed by atoms with Gasteiger partial charge in [-0.15, -0.1) is 11.3 Å². The molecule has 2 N–H and O–H groups in total. The van der Waals surface area contributed by atoms with Gasteiger partial charge in [-0.1, -0.05) is 51.1 Å². The lowest BCUT2D eigenvalue weighted by Crippen LogP contribution is -2.40. The second-order valence-electron chi connectivity index (χ2n) is 11.7. The summed E-state index contributed by atoms with van der Waals surface area (Å²) in [7, 11) is 0. The first-order chi connectivity index (χ1) is 17.3. The van der Waals surface area contributed by atoms with Crippen LogP contribution in [0.15, 0.2) is 42.5 Å². The molecule has 5 rings (SSSR count). The minimum absolute atomic E-state index is 0.0314. The molecule has 192 valence electrons. The minimum atomic E-state index is -0.237. The molecule has 5 nitrogen and oxygen atoms in total. The fourth-order valence-electron chi connectivity index (χ4n) is 5.76. The number of aliphatic hydroxyl groups is 1. The van der Waals surface area contributed by atoms with Crippen LogP contribution in [0, 0.1) is 11.3 Å². The molecule has 36 heavy (non-hydrogen) atoms. The standard InChI is InChI=1S/C30H39N3O2S/c1-30(2,3)23-11-12-25-21(17-23)16-22-18-27(36-29(22)32-25)28(35)31-26(20-8-5-4-6-9-20)13-15-33-14-7-10-24(34)19-33/h4-6,8-9,16,18,23-24,26,34H,7,10-15,17,19H2,1-3H3,(H,31,35)/t23-,24?,26+/m0/s1. The zero-order valence-electron chi connectivity index (χ0n) is 21.8. The number of aryl methyl sites for hydroxylation is 1. The Hall–Kier alpha value is -2.28. The number of fused-ring (bicyclic) bond motifs is 2. The second-order valence-corrected chi connectivity index (χ2v) is 12.8. The number of hydrogen-bond acceptors (Lipinski definition) is 5. The van der Waals surface area contributed by atoms with Gasteiger partial charge in [0.15, 0.2) is 0 Å². The molecule has 1 aromatic carbocycles. The van der Waals surface area contributed by atoms with Crippen LogP contribution in [0.1, 0.15) is 79.0 Å². The molecule has 3 heterocycles. The summed E-state index contributed by atoms with van der Waals surface area (Å²) in [5, 5.41) is 14.4. The number of nitrogens with zero attached hydrogens (tertiary/aromatic N) is 2. The summed E-state index contributed by atoms with van der Waals surface area (Å²) in [6, 6.07) is 14.5. The van der Waals surface area contributed by atoms with E-state index >= 15 is 0 Å². The van der Waals surface area contributed by atoms with Crippen molar-refractivity contribution in [2.24, 2.45) is 11.3 Å². The van der Waals surface area contributed by atoms with Gasteiger partial charge in [-0.25, -0.2) is 4.98 Å². The largest absolute Gasteiger partial charge is 0.392 e. The highest BCUT2D eigenvalue weighted by Crippen LogP contribution is 2.38. The van der Waals surface area contributed by atoms with Crippen LogP contribution in [0.25, 0.3) is 10.2 Å². The van der Waals surface area contributed by atoms with Gasteiger partial charge in [-0.3, -0.25) is 4.79 Å². The molecule has 1 fully saturated rings. The lowest BCUT2D eigenvalue weighted by Gasteiger charge is -2.34. The number of likely N-dealkylation sites (tertiary alicyclic amines) is 1. The summed E-state index contributed by atoms with van der Waals surface area (Å²) in [5.41, 5.74) is 3.98. The molecule has 0 bridgehead atoms. The SMILES string of the molecule is CC(C)(C)[C@H]1CCc2nc3sc(C(=O)N[C@H](CCN4CCCC(O)C4)c4ccccc4)cc3cc2C1. The second kappa shape index (κ2) is 10.6. The smallest absolute Gasteiger partial charge is 0.261 e. The molecule has 1 aliphatic carbocycles. The van der Waals surface area contributed by atoms with Crippen molar-refractivity contribution in [1.29, 1.82) is 0 Å². The number of amides is 1. The zero-order valence-corrected chi connectivity index (χ0v) is 22.6. The first-order valence-electron chi connectivity index (χ1n) is 13.4. The summed E-state index contributed by atoms with van der Waals surface area (Å²) in [4.78, 5) is 22.4. The van der Waals surface area contributed by atoms with E-state index < -0.39 is 0 Å². The molecule has 3 aromatic rings. The Labute approximate surface area is 218 Å². The van der Waals surface area contributed by atoms with Crippen molar-refractivity contribution in [3.63, 3.8) is 0 Å². The molecule has 2 aromatic heterocycles. The Morgan fingerprint density at radius 2 is 2.03 bits per heavy atom. The van der Waals surface area contributed by atoms with Crippen molar-refractivity contribution >= 4 is 27.5 Å². The van der Waals surface area contributed by atoms with Crippen LogP contribution in [-0.4, -0.2) is 46.6 Å².